The van der Waals surface area contributed by atoms with Crippen molar-refractivity contribution in [1.29, 1.82) is 0 Å². The Balaban J connectivity index is 1.87. The van der Waals surface area contributed by atoms with E-state index in [1.165, 1.54) is 11.3 Å². The molecule has 0 unspecified atom stereocenters. The van der Waals surface area contributed by atoms with Gasteiger partial charge in [-0.25, -0.2) is 9.97 Å². The fraction of sp³-hybridized carbons (Fsp3) is 0.0625. The van der Waals surface area contributed by atoms with Crippen LogP contribution in [0, 0.1) is 0 Å². The molecular formula is C16H14N4O2S. The highest BCUT2D eigenvalue weighted by molar-refractivity contribution is 7.13. The maximum atomic E-state index is 12.4. The van der Waals surface area contributed by atoms with Gasteiger partial charge in [-0.1, -0.05) is 12.1 Å². The molecule has 0 atom stereocenters. The summed E-state index contributed by atoms with van der Waals surface area (Å²) in [6, 6.07) is 10.9. The van der Waals surface area contributed by atoms with Gasteiger partial charge in [-0.3, -0.25) is 10.1 Å². The number of pyridine rings is 1. The number of carbonyl (C=O) groups is 1. The van der Waals surface area contributed by atoms with Crippen molar-refractivity contribution in [2.45, 2.75) is 0 Å². The number of nitrogens with zero attached hydrogens (tertiary/aromatic N) is 2. The van der Waals surface area contributed by atoms with Crippen LogP contribution in [-0.2, 0) is 0 Å². The quantitative estimate of drug-likeness (QED) is 0.750. The standard InChI is InChI=1S/C16H14N4O2S/c1-22-13-7-3-2-6-12(13)19-14-11(5-4-8-17-14)15(21)20-16-18-9-10-23-16/h2-10H,1H3,(H,17,19)(H,18,20,21). The smallest absolute Gasteiger partial charge is 0.261 e. The number of benzene rings is 1. The summed E-state index contributed by atoms with van der Waals surface area (Å²) in [4.78, 5) is 20.7. The van der Waals surface area contributed by atoms with Crippen molar-refractivity contribution in [1.82, 2.24) is 9.97 Å². The largest absolute Gasteiger partial charge is 0.495 e. The van der Waals surface area contributed by atoms with Crippen molar-refractivity contribution in [2.75, 3.05) is 17.7 Å². The van der Waals surface area contributed by atoms with Crippen LogP contribution in [0.4, 0.5) is 16.6 Å². The summed E-state index contributed by atoms with van der Waals surface area (Å²) in [7, 11) is 1.59. The molecule has 7 heteroatoms. The van der Waals surface area contributed by atoms with Gasteiger partial charge in [0.1, 0.15) is 11.6 Å². The van der Waals surface area contributed by atoms with Gasteiger partial charge in [0.05, 0.1) is 18.4 Å². The number of anilines is 3. The SMILES string of the molecule is COc1ccccc1Nc1ncccc1C(=O)Nc1nccs1. The first-order valence-corrected chi connectivity index (χ1v) is 7.72. The number of ether oxygens (including phenoxy) is 1. The van der Waals surface area contributed by atoms with Crippen LogP contribution in [0.15, 0.2) is 54.2 Å². The Morgan fingerprint density at radius 1 is 1.13 bits per heavy atom. The van der Waals surface area contributed by atoms with Crippen molar-refractivity contribution < 1.29 is 9.53 Å². The van der Waals surface area contributed by atoms with Crippen LogP contribution >= 0.6 is 11.3 Å². The predicted octanol–water partition coefficient (Wildman–Crippen LogP) is 3.54. The molecule has 2 heterocycles. The number of para-hydroxylation sites is 2. The van der Waals surface area contributed by atoms with Crippen molar-refractivity contribution in [3.63, 3.8) is 0 Å². The van der Waals surface area contributed by atoms with Crippen LogP contribution < -0.4 is 15.4 Å². The van der Waals surface area contributed by atoms with Crippen molar-refractivity contribution in [2.24, 2.45) is 0 Å². The Labute approximate surface area is 137 Å². The molecular weight excluding hydrogens is 312 g/mol. The average Bonchev–Trinajstić information content (AvgIpc) is 3.09. The van der Waals surface area contributed by atoms with E-state index in [-0.39, 0.29) is 5.91 Å². The Morgan fingerprint density at radius 2 is 2.00 bits per heavy atom. The molecule has 0 saturated carbocycles. The monoisotopic (exact) mass is 326 g/mol. The van der Waals surface area contributed by atoms with E-state index in [0.717, 1.165) is 5.69 Å². The van der Waals surface area contributed by atoms with Crippen LogP contribution in [0.3, 0.4) is 0 Å². The van der Waals surface area contributed by atoms with Crippen molar-refractivity contribution >= 4 is 33.9 Å². The summed E-state index contributed by atoms with van der Waals surface area (Å²) in [6.45, 7) is 0. The van der Waals surface area contributed by atoms with Crippen LogP contribution in [0.5, 0.6) is 5.75 Å². The fourth-order valence-electron chi connectivity index (χ4n) is 2.01. The third-order valence-corrected chi connectivity index (χ3v) is 3.75. The van der Waals surface area contributed by atoms with Crippen LogP contribution in [0.1, 0.15) is 10.4 Å². The van der Waals surface area contributed by atoms with Crippen LogP contribution in [0.25, 0.3) is 0 Å². The Morgan fingerprint density at radius 3 is 2.78 bits per heavy atom. The van der Waals surface area contributed by atoms with Crippen LogP contribution in [0.2, 0.25) is 0 Å². The molecule has 0 fully saturated rings. The Kier molecular flexibility index (Phi) is 4.49. The third-order valence-electron chi connectivity index (χ3n) is 3.07. The summed E-state index contributed by atoms with van der Waals surface area (Å²) in [6.07, 6.45) is 3.26. The number of carbonyl (C=O) groups excluding carboxylic acids is 1. The lowest BCUT2D eigenvalue weighted by Crippen LogP contribution is -2.14. The van der Waals surface area contributed by atoms with E-state index >= 15 is 0 Å². The topological polar surface area (TPSA) is 76.1 Å². The molecule has 0 saturated heterocycles. The minimum atomic E-state index is -0.273. The summed E-state index contributed by atoms with van der Waals surface area (Å²) in [5, 5.41) is 8.23. The zero-order valence-electron chi connectivity index (χ0n) is 12.3. The van der Waals surface area contributed by atoms with Gasteiger partial charge >= 0.3 is 0 Å². The molecule has 0 spiro atoms. The molecule has 0 radical (unpaired) electrons. The number of aromatic nitrogens is 2. The van der Waals surface area contributed by atoms with E-state index in [2.05, 4.69) is 20.6 Å². The first-order valence-electron chi connectivity index (χ1n) is 6.84. The zero-order chi connectivity index (χ0) is 16.1. The number of nitrogens with one attached hydrogen (secondary N) is 2. The van der Waals surface area contributed by atoms with Gasteiger partial charge in [-0.2, -0.15) is 0 Å². The fourth-order valence-corrected chi connectivity index (χ4v) is 2.54. The highest BCUT2D eigenvalue weighted by Gasteiger charge is 2.14. The summed E-state index contributed by atoms with van der Waals surface area (Å²) in [5.74, 6) is 0.848. The second-order valence-electron chi connectivity index (χ2n) is 4.52. The number of hydrogen-bond acceptors (Lipinski definition) is 6. The molecule has 0 aliphatic rings. The van der Waals surface area contributed by atoms with Crippen molar-refractivity contribution in [3.8, 4) is 5.75 Å². The highest BCUT2D eigenvalue weighted by atomic mass is 32.1. The zero-order valence-corrected chi connectivity index (χ0v) is 13.1. The number of hydrogen-bond donors (Lipinski definition) is 2. The lowest BCUT2D eigenvalue weighted by molar-refractivity contribution is 0.102. The van der Waals surface area contributed by atoms with E-state index < -0.39 is 0 Å². The van der Waals surface area contributed by atoms with Gasteiger partial charge in [-0.15, -0.1) is 11.3 Å². The molecule has 6 nitrogen and oxygen atoms in total. The van der Waals surface area contributed by atoms with E-state index in [1.54, 1.807) is 37.0 Å². The number of amides is 1. The summed E-state index contributed by atoms with van der Waals surface area (Å²) < 4.78 is 5.30. The van der Waals surface area contributed by atoms with Gasteiger partial charge in [-0.05, 0) is 24.3 Å². The maximum Gasteiger partial charge on any atom is 0.261 e. The molecule has 1 amide bonds. The number of thiazole rings is 1. The second-order valence-corrected chi connectivity index (χ2v) is 5.41. The molecule has 23 heavy (non-hydrogen) atoms. The minimum Gasteiger partial charge on any atom is -0.495 e. The van der Waals surface area contributed by atoms with E-state index in [4.69, 9.17) is 4.74 Å². The first kappa shape index (κ1) is 15.0. The van der Waals surface area contributed by atoms with Crippen molar-refractivity contribution in [3.05, 3.63) is 59.7 Å². The van der Waals surface area contributed by atoms with Gasteiger partial charge in [0.25, 0.3) is 5.91 Å². The molecule has 0 bridgehead atoms. The molecule has 3 aromatic rings. The van der Waals surface area contributed by atoms with Gasteiger partial charge < -0.3 is 10.1 Å². The van der Waals surface area contributed by atoms with Gasteiger partial charge in [0.15, 0.2) is 5.13 Å². The number of methoxy groups -OCH3 is 1. The molecule has 3 rings (SSSR count). The minimum absolute atomic E-state index is 0.273. The third kappa shape index (κ3) is 3.46. The second kappa shape index (κ2) is 6.89. The lowest BCUT2D eigenvalue weighted by atomic mass is 10.2. The summed E-state index contributed by atoms with van der Waals surface area (Å²) >= 11 is 1.36. The van der Waals surface area contributed by atoms with E-state index in [0.29, 0.717) is 22.3 Å². The maximum absolute atomic E-state index is 12.4. The van der Waals surface area contributed by atoms with Crippen LogP contribution in [-0.4, -0.2) is 23.0 Å². The first-order chi connectivity index (χ1) is 11.3. The molecule has 116 valence electrons. The number of rotatable bonds is 5. The molecule has 0 aliphatic carbocycles. The van der Waals surface area contributed by atoms with Gasteiger partial charge in [0, 0.05) is 17.8 Å². The predicted molar refractivity (Wildman–Crippen MR) is 90.6 cm³/mol. The molecule has 2 aromatic heterocycles. The van der Waals surface area contributed by atoms with Gasteiger partial charge in [0.2, 0.25) is 0 Å². The molecule has 2 N–H and O–H groups in total. The molecule has 1 aromatic carbocycles. The normalized spacial score (nSPS) is 10.1. The highest BCUT2D eigenvalue weighted by Crippen LogP contribution is 2.27. The Hall–Kier alpha value is -2.93. The average molecular weight is 326 g/mol. The Bertz CT molecular complexity index is 805. The summed E-state index contributed by atoms with van der Waals surface area (Å²) in [5.41, 5.74) is 1.16. The molecule has 0 aliphatic heterocycles. The van der Waals surface area contributed by atoms with E-state index in [9.17, 15) is 4.79 Å². The van der Waals surface area contributed by atoms with E-state index in [1.807, 2.05) is 24.3 Å². The lowest BCUT2D eigenvalue weighted by Gasteiger charge is -2.13.